The van der Waals surface area contributed by atoms with E-state index in [1.165, 1.54) is 0 Å². The van der Waals surface area contributed by atoms with Gasteiger partial charge in [-0.2, -0.15) is 5.16 Å². The van der Waals surface area contributed by atoms with Gasteiger partial charge < -0.3 is 4.52 Å². The first-order valence-electron chi connectivity index (χ1n) is 4.62. The van der Waals surface area contributed by atoms with Gasteiger partial charge in [-0.1, -0.05) is 11.6 Å². The van der Waals surface area contributed by atoms with E-state index < -0.39 is 0 Å². The zero-order valence-corrected chi connectivity index (χ0v) is 8.07. The summed E-state index contributed by atoms with van der Waals surface area (Å²) in [7, 11) is 0. The van der Waals surface area contributed by atoms with Gasteiger partial charge in [0.15, 0.2) is 5.65 Å². The summed E-state index contributed by atoms with van der Waals surface area (Å²) < 4.78 is 4.67. The van der Waals surface area contributed by atoms with Gasteiger partial charge in [0, 0.05) is 5.39 Å². The van der Waals surface area contributed by atoms with E-state index >= 15 is 0 Å². The summed E-state index contributed by atoms with van der Waals surface area (Å²) in [6.07, 6.45) is 0. The molecule has 0 aliphatic rings. The lowest BCUT2D eigenvalue weighted by molar-refractivity contribution is 0.398. The highest BCUT2D eigenvalue weighted by Gasteiger charge is 2.05. The van der Waals surface area contributed by atoms with Crippen molar-refractivity contribution in [3.05, 3.63) is 40.2 Å². The van der Waals surface area contributed by atoms with Crippen LogP contribution in [0.2, 0.25) is 0 Å². The molecule has 0 fully saturated rings. The number of hydrogen-bond acceptors (Lipinski definition) is 3. The number of benzene rings is 1. The van der Waals surface area contributed by atoms with Crippen LogP contribution >= 0.6 is 0 Å². The molecule has 0 unspecified atom stereocenters. The van der Waals surface area contributed by atoms with Gasteiger partial charge in [0.25, 0.3) is 0 Å². The van der Waals surface area contributed by atoms with Gasteiger partial charge in [-0.25, -0.2) is 9.78 Å². The molecule has 74 valence electrons. The van der Waals surface area contributed by atoms with Crippen LogP contribution < -0.4 is 5.63 Å². The molecule has 0 aliphatic heterocycles. The van der Waals surface area contributed by atoms with Crippen LogP contribution in [0.3, 0.4) is 0 Å². The SMILES string of the molecule is Cc1ccc2nc3[nH]oc(=O)c3cc2c1. The normalized spacial score (nSPS) is 11.3. The molecule has 0 amide bonds. The molecule has 3 rings (SSSR count). The molecule has 2 aromatic heterocycles. The van der Waals surface area contributed by atoms with Crippen LogP contribution in [0.5, 0.6) is 0 Å². The number of nitrogens with zero attached hydrogens (tertiary/aromatic N) is 1. The standard InChI is InChI=1S/C11H8N2O2/c1-6-2-3-9-7(4-6)5-8-10(12-9)13-15-11(8)14/h2-5H,1H3,(H,12,13). The van der Waals surface area contributed by atoms with Gasteiger partial charge in [-0.15, -0.1) is 0 Å². The Morgan fingerprint density at radius 1 is 1.33 bits per heavy atom. The first kappa shape index (κ1) is 8.23. The largest absolute Gasteiger partial charge is 0.366 e. The summed E-state index contributed by atoms with van der Waals surface area (Å²) in [6, 6.07) is 7.70. The second kappa shape index (κ2) is 2.70. The molecule has 0 saturated carbocycles. The highest BCUT2D eigenvalue weighted by atomic mass is 16.5. The molecule has 1 N–H and O–H groups in total. The first-order chi connectivity index (χ1) is 7.24. The Balaban J connectivity index is 2.55. The van der Waals surface area contributed by atoms with Crippen molar-refractivity contribution in [3.63, 3.8) is 0 Å². The minimum atomic E-state index is -0.374. The molecule has 4 heteroatoms. The van der Waals surface area contributed by atoms with Crippen LogP contribution in [-0.2, 0) is 0 Å². The summed E-state index contributed by atoms with van der Waals surface area (Å²) in [5.41, 5.74) is 2.12. The van der Waals surface area contributed by atoms with Gasteiger partial charge in [0.1, 0.15) is 5.39 Å². The third-order valence-electron chi connectivity index (χ3n) is 2.43. The Morgan fingerprint density at radius 2 is 2.20 bits per heavy atom. The van der Waals surface area contributed by atoms with Crippen LogP contribution in [0.15, 0.2) is 33.6 Å². The van der Waals surface area contributed by atoms with E-state index in [4.69, 9.17) is 0 Å². The average Bonchev–Trinajstić information content (AvgIpc) is 2.57. The van der Waals surface area contributed by atoms with Gasteiger partial charge in [0.2, 0.25) is 0 Å². The Labute approximate surface area is 84.5 Å². The van der Waals surface area contributed by atoms with Crippen molar-refractivity contribution in [1.82, 2.24) is 10.1 Å². The predicted molar refractivity (Wildman–Crippen MR) is 56.9 cm³/mol. The van der Waals surface area contributed by atoms with Gasteiger partial charge in [-0.05, 0) is 25.1 Å². The predicted octanol–water partition coefficient (Wildman–Crippen LogP) is 1.98. The minimum absolute atomic E-state index is 0.374. The molecular weight excluding hydrogens is 192 g/mol. The molecule has 0 saturated heterocycles. The van der Waals surface area contributed by atoms with Crippen molar-refractivity contribution in [2.45, 2.75) is 6.92 Å². The van der Waals surface area contributed by atoms with Crippen molar-refractivity contribution in [3.8, 4) is 0 Å². The summed E-state index contributed by atoms with van der Waals surface area (Å²) in [6.45, 7) is 2.00. The fourth-order valence-corrected chi connectivity index (χ4v) is 1.68. The van der Waals surface area contributed by atoms with Gasteiger partial charge >= 0.3 is 5.63 Å². The quantitative estimate of drug-likeness (QED) is 0.603. The maximum absolute atomic E-state index is 11.3. The summed E-state index contributed by atoms with van der Waals surface area (Å²) in [5.74, 6) is 0. The number of nitrogens with one attached hydrogen (secondary N) is 1. The van der Waals surface area contributed by atoms with Crippen LogP contribution in [0.4, 0.5) is 0 Å². The summed E-state index contributed by atoms with van der Waals surface area (Å²) in [4.78, 5) is 15.6. The molecule has 0 aliphatic carbocycles. The second-order valence-corrected chi connectivity index (χ2v) is 3.57. The molecule has 0 atom stereocenters. The highest BCUT2D eigenvalue weighted by Crippen LogP contribution is 2.17. The third-order valence-corrected chi connectivity index (χ3v) is 2.43. The fourth-order valence-electron chi connectivity index (χ4n) is 1.68. The highest BCUT2D eigenvalue weighted by molar-refractivity contribution is 5.90. The van der Waals surface area contributed by atoms with Crippen LogP contribution in [0.25, 0.3) is 21.9 Å². The molecule has 0 spiro atoms. The van der Waals surface area contributed by atoms with Crippen LogP contribution in [0, 0.1) is 6.92 Å². The molecule has 2 heterocycles. The lowest BCUT2D eigenvalue weighted by atomic mass is 10.1. The molecule has 4 nitrogen and oxygen atoms in total. The Hall–Kier alpha value is -2.10. The molecule has 0 bridgehead atoms. The molecule has 0 radical (unpaired) electrons. The average molecular weight is 200 g/mol. The first-order valence-corrected chi connectivity index (χ1v) is 4.62. The Bertz CT molecular complexity index is 709. The van der Waals surface area contributed by atoms with Gasteiger partial charge in [0.05, 0.1) is 5.52 Å². The molecule has 15 heavy (non-hydrogen) atoms. The van der Waals surface area contributed by atoms with E-state index in [2.05, 4.69) is 14.7 Å². The van der Waals surface area contributed by atoms with Crippen LogP contribution in [0.1, 0.15) is 5.56 Å². The Kier molecular flexibility index (Phi) is 1.48. The lowest BCUT2D eigenvalue weighted by Gasteiger charge is -1.97. The number of rotatable bonds is 0. The summed E-state index contributed by atoms with van der Waals surface area (Å²) >= 11 is 0. The lowest BCUT2D eigenvalue weighted by Crippen LogP contribution is -1.91. The number of pyridine rings is 1. The number of hydrogen-bond donors (Lipinski definition) is 1. The van der Waals surface area contributed by atoms with E-state index in [1.54, 1.807) is 6.07 Å². The topological polar surface area (TPSA) is 58.9 Å². The number of aromatic nitrogens is 2. The van der Waals surface area contributed by atoms with Crippen molar-refractivity contribution < 1.29 is 4.52 Å². The fraction of sp³-hybridized carbons (Fsp3) is 0.0909. The van der Waals surface area contributed by atoms with Crippen LogP contribution in [-0.4, -0.2) is 10.1 Å². The minimum Gasteiger partial charge on any atom is -0.336 e. The second-order valence-electron chi connectivity index (χ2n) is 3.57. The van der Waals surface area contributed by atoms with Gasteiger partial charge in [-0.3, -0.25) is 0 Å². The number of fused-ring (bicyclic) bond motifs is 2. The molecule has 1 aromatic carbocycles. The smallest absolute Gasteiger partial charge is 0.336 e. The van der Waals surface area contributed by atoms with Crippen molar-refractivity contribution in [2.75, 3.05) is 0 Å². The van der Waals surface area contributed by atoms with E-state index in [1.807, 2.05) is 25.1 Å². The van der Waals surface area contributed by atoms with Crippen molar-refractivity contribution in [2.24, 2.45) is 0 Å². The monoisotopic (exact) mass is 200 g/mol. The Morgan fingerprint density at radius 3 is 3.07 bits per heavy atom. The number of aryl methyl sites for hydroxylation is 1. The molecule has 3 aromatic rings. The van der Waals surface area contributed by atoms with E-state index in [0.29, 0.717) is 11.0 Å². The number of H-pyrrole nitrogens is 1. The summed E-state index contributed by atoms with van der Waals surface area (Å²) in [5, 5.41) is 3.94. The van der Waals surface area contributed by atoms with Crippen molar-refractivity contribution in [1.29, 1.82) is 0 Å². The van der Waals surface area contributed by atoms with E-state index in [0.717, 1.165) is 16.5 Å². The maximum atomic E-state index is 11.3. The van der Waals surface area contributed by atoms with Crippen molar-refractivity contribution >= 4 is 21.9 Å². The van der Waals surface area contributed by atoms with E-state index in [-0.39, 0.29) is 5.63 Å². The zero-order valence-electron chi connectivity index (χ0n) is 8.07. The maximum Gasteiger partial charge on any atom is 0.366 e. The molecular formula is C11H8N2O2. The third kappa shape index (κ3) is 1.15. The van der Waals surface area contributed by atoms with E-state index in [9.17, 15) is 4.79 Å². The zero-order chi connectivity index (χ0) is 10.4. The number of aromatic amines is 1.